The van der Waals surface area contributed by atoms with Crippen LogP contribution in [0.3, 0.4) is 0 Å². The van der Waals surface area contributed by atoms with Gasteiger partial charge in [-0.25, -0.2) is 14.8 Å². The van der Waals surface area contributed by atoms with Crippen LogP contribution in [0.1, 0.15) is 46.2 Å². The zero-order valence-electron chi connectivity index (χ0n) is 16.5. The van der Waals surface area contributed by atoms with Gasteiger partial charge < -0.3 is 15.4 Å². The highest BCUT2D eigenvalue weighted by atomic mass is 16.5. The molecule has 0 spiro atoms. The number of nitrogens with one attached hydrogen (secondary N) is 2. The molecule has 0 radical (unpaired) electrons. The summed E-state index contributed by atoms with van der Waals surface area (Å²) in [6.07, 6.45) is 1.52. The lowest BCUT2D eigenvalue weighted by Crippen LogP contribution is -2.16. The van der Waals surface area contributed by atoms with Crippen molar-refractivity contribution in [3.05, 3.63) is 77.6 Å². The molecule has 1 aromatic heterocycles. The van der Waals surface area contributed by atoms with Gasteiger partial charge in [-0.15, -0.1) is 0 Å². The molecule has 0 bridgehead atoms. The third-order valence-corrected chi connectivity index (χ3v) is 4.28. The fraction of sp³-hybridized carbons (Fsp3) is 0.182. The Morgan fingerprint density at radius 3 is 2.41 bits per heavy atom. The van der Waals surface area contributed by atoms with Crippen LogP contribution in [-0.2, 0) is 4.74 Å². The minimum absolute atomic E-state index is 0.243. The van der Waals surface area contributed by atoms with Gasteiger partial charge in [-0.05, 0) is 47.9 Å². The second-order valence-corrected chi connectivity index (χ2v) is 6.66. The van der Waals surface area contributed by atoms with Crippen molar-refractivity contribution in [1.82, 2.24) is 9.97 Å². The normalized spacial score (nSPS) is 10.5. The van der Waals surface area contributed by atoms with E-state index in [1.165, 1.54) is 13.3 Å². The number of hydrogen-bond acceptors (Lipinski definition) is 6. The first kappa shape index (κ1) is 20.0. The van der Waals surface area contributed by atoms with E-state index in [9.17, 15) is 9.59 Å². The van der Waals surface area contributed by atoms with Crippen LogP contribution in [0.4, 0.5) is 17.3 Å². The number of rotatable bonds is 6. The number of ether oxygens (including phenoxy) is 1. The van der Waals surface area contributed by atoms with Gasteiger partial charge in [0.15, 0.2) is 0 Å². The molecule has 0 aliphatic rings. The van der Waals surface area contributed by atoms with Gasteiger partial charge in [-0.2, -0.15) is 0 Å². The molecule has 0 unspecified atom stereocenters. The Morgan fingerprint density at radius 2 is 1.72 bits per heavy atom. The van der Waals surface area contributed by atoms with Gasteiger partial charge in [0.1, 0.15) is 5.69 Å². The molecule has 2 N–H and O–H groups in total. The van der Waals surface area contributed by atoms with Gasteiger partial charge in [0.05, 0.1) is 12.7 Å². The smallest absolute Gasteiger partial charge is 0.337 e. The number of aromatic nitrogens is 2. The number of methoxy groups -OCH3 is 1. The molecule has 3 aromatic rings. The van der Waals surface area contributed by atoms with E-state index in [1.54, 1.807) is 30.3 Å². The standard InChI is InChI=1S/C22H22N4O3/c1-14(2)17-6-4-5-7-18(17)25-20(27)19-12-13-23-22(26-19)24-16-10-8-15(9-11-16)21(28)29-3/h4-14H,1-3H3,(H,25,27)(H,23,24,26). The third-order valence-electron chi connectivity index (χ3n) is 4.28. The number of hydrogen-bond donors (Lipinski definition) is 2. The molecule has 2 aromatic carbocycles. The van der Waals surface area contributed by atoms with Crippen LogP contribution in [0.5, 0.6) is 0 Å². The van der Waals surface area contributed by atoms with Crippen molar-refractivity contribution < 1.29 is 14.3 Å². The molecule has 7 heteroatoms. The van der Waals surface area contributed by atoms with Crippen LogP contribution in [0.25, 0.3) is 0 Å². The fourth-order valence-corrected chi connectivity index (χ4v) is 2.78. The predicted molar refractivity (Wildman–Crippen MR) is 112 cm³/mol. The number of carbonyl (C=O) groups excluding carboxylic acids is 2. The molecule has 1 heterocycles. The molecular weight excluding hydrogens is 368 g/mol. The minimum atomic E-state index is -0.409. The molecular formula is C22H22N4O3. The minimum Gasteiger partial charge on any atom is -0.465 e. The highest BCUT2D eigenvalue weighted by Gasteiger charge is 2.13. The number of para-hydroxylation sites is 1. The molecule has 0 fully saturated rings. The third kappa shape index (κ3) is 4.95. The van der Waals surface area contributed by atoms with E-state index in [0.717, 1.165) is 11.3 Å². The number of esters is 1. The number of anilines is 3. The highest BCUT2D eigenvalue weighted by Crippen LogP contribution is 2.24. The van der Waals surface area contributed by atoms with Crippen LogP contribution in [0, 0.1) is 0 Å². The van der Waals surface area contributed by atoms with Crippen molar-refractivity contribution in [1.29, 1.82) is 0 Å². The lowest BCUT2D eigenvalue weighted by atomic mass is 10.0. The van der Waals surface area contributed by atoms with Gasteiger partial charge in [-0.1, -0.05) is 32.0 Å². The molecule has 3 rings (SSSR count). The van der Waals surface area contributed by atoms with E-state index in [1.807, 2.05) is 24.3 Å². The first-order valence-electron chi connectivity index (χ1n) is 9.16. The van der Waals surface area contributed by atoms with Crippen LogP contribution < -0.4 is 10.6 Å². The van der Waals surface area contributed by atoms with Crippen molar-refractivity contribution in [3.8, 4) is 0 Å². The molecule has 1 amide bonds. The average molecular weight is 390 g/mol. The van der Waals surface area contributed by atoms with Crippen LogP contribution in [0.15, 0.2) is 60.8 Å². The Balaban J connectivity index is 1.74. The SMILES string of the molecule is COC(=O)c1ccc(Nc2nccc(C(=O)Nc3ccccc3C(C)C)n2)cc1. The van der Waals surface area contributed by atoms with Crippen molar-refractivity contribution in [3.63, 3.8) is 0 Å². The Kier molecular flexibility index (Phi) is 6.19. The molecule has 0 aliphatic carbocycles. The zero-order chi connectivity index (χ0) is 20.8. The summed E-state index contributed by atoms with van der Waals surface area (Å²) in [6.45, 7) is 4.15. The average Bonchev–Trinajstić information content (AvgIpc) is 2.74. The predicted octanol–water partition coefficient (Wildman–Crippen LogP) is 4.38. The lowest BCUT2D eigenvalue weighted by Gasteiger charge is -2.13. The molecule has 7 nitrogen and oxygen atoms in total. The first-order valence-corrected chi connectivity index (χ1v) is 9.16. The maximum atomic E-state index is 12.7. The Morgan fingerprint density at radius 1 is 1.00 bits per heavy atom. The Hall–Kier alpha value is -3.74. The van der Waals surface area contributed by atoms with Gasteiger partial charge in [0.25, 0.3) is 5.91 Å². The van der Waals surface area contributed by atoms with E-state index in [0.29, 0.717) is 11.3 Å². The summed E-state index contributed by atoms with van der Waals surface area (Å²) in [7, 11) is 1.33. The summed E-state index contributed by atoms with van der Waals surface area (Å²) in [5.74, 6) is -0.166. The fourth-order valence-electron chi connectivity index (χ4n) is 2.78. The van der Waals surface area contributed by atoms with Crippen LogP contribution in [0.2, 0.25) is 0 Å². The molecule has 29 heavy (non-hydrogen) atoms. The largest absolute Gasteiger partial charge is 0.465 e. The molecule has 0 aliphatic heterocycles. The van der Waals surface area contributed by atoms with Crippen molar-refractivity contribution >= 4 is 29.2 Å². The number of amides is 1. The molecule has 0 saturated heterocycles. The van der Waals surface area contributed by atoms with E-state index in [2.05, 4.69) is 39.2 Å². The number of carbonyl (C=O) groups is 2. The molecule has 0 saturated carbocycles. The summed E-state index contributed by atoms with van der Waals surface area (Å²) in [5.41, 5.74) is 3.18. The van der Waals surface area contributed by atoms with E-state index < -0.39 is 5.97 Å². The summed E-state index contributed by atoms with van der Waals surface area (Å²) < 4.78 is 4.68. The van der Waals surface area contributed by atoms with E-state index in [4.69, 9.17) is 0 Å². The lowest BCUT2D eigenvalue weighted by molar-refractivity contribution is 0.0600. The quantitative estimate of drug-likeness (QED) is 0.607. The second kappa shape index (κ2) is 8.97. The number of nitrogens with zero attached hydrogens (tertiary/aromatic N) is 2. The van der Waals surface area contributed by atoms with Crippen LogP contribution >= 0.6 is 0 Å². The second-order valence-electron chi connectivity index (χ2n) is 6.66. The summed E-state index contributed by atoms with van der Waals surface area (Å²) >= 11 is 0. The maximum absolute atomic E-state index is 12.7. The van der Waals surface area contributed by atoms with Gasteiger partial charge >= 0.3 is 5.97 Å². The summed E-state index contributed by atoms with van der Waals surface area (Å²) in [5, 5.41) is 5.94. The Labute approximate surface area is 169 Å². The highest BCUT2D eigenvalue weighted by molar-refractivity contribution is 6.03. The van der Waals surface area contributed by atoms with Crippen molar-refractivity contribution in [2.24, 2.45) is 0 Å². The van der Waals surface area contributed by atoms with Crippen molar-refractivity contribution in [2.45, 2.75) is 19.8 Å². The van der Waals surface area contributed by atoms with Gasteiger partial charge in [-0.3, -0.25) is 4.79 Å². The van der Waals surface area contributed by atoms with Crippen LogP contribution in [-0.4, -0.2) is 29.0 Å². The first-order chi connectivity index (χ1) is 14.0. The van der Waals surface area contributed by atoms with E-state index >= 15 is 0 Å². The van der Waals surface area contributed by atoms with Gasteiger partial charge in [0, 0.05) is 17.6 Å². The topological polar surface area (TPSA) is 93.2 Å². The Bertz CT molecular complexity index is 1020. The maximum Gasteiger partial charge on any atom is 0.337 e. The molecule has 148 valence electrons. The molecule has 0 atom stereocenters. The summed E-state index contributed by atoms with van der Waals surface area (Å²) in [4.78, 5) is 32.6. The number of benzene rings is 2. The van der Waals surface area contributed by atoms with E-state index in [-0.39, 0.29) is 23.5 Å². The van der Waals surface area contributed by atoms with Crippen molar-refractivity contribution in [2.75, 3.05) is 17.7 Å². The summed E-state index contributed by atoms with van der Waals surface area (Å²) in [6, 6.07) is 15.9. The van der Waals surface area contributed by atoms with Gasteiger partial charge in [0.2, 0.25) is 5.95 Å². The zero-order valence-corrected chi connectivity index (χ0v) is 16.5. The monoisotopic (exact) mass is 390 g/mol.